The van der Waals surface area contributed by atoms with Gasteiger partial charge in [-0.25, -0.2) is 4.57 Å². The number of nitrogens with zero attached hydrogens (tertiary/aromatic N) is 1. The Hall–Kier alpha value is -2.03. The molecular formula is C60H113NO8P+. The molecule has 70 heavy (non-hydrogen) atoms. The smallest absolute Gasteiger partial charge is 0.462 e. The van der Waals surface area contributed by atoms with E-state index >= 15 is 0 Å². The highest BCUT2D eigenvalue weighted by Gasteiger charge is 2.27. The van der Waals surface area contributed by atoms with Crippen LogP contribution in [0.4, 0.5) is 0 Å². The van der Waals surface area contributed by atoms with Crippen LogP contribution in [0.3, 0.4) is 0 Å². The Balaban J connectivity index is 3.77. The Bertz CT molecular complexity index is 1320. The number of carbonyl (C=O) groups excluding carboxylic acids is 2. The Morgan fingerprint density at radius 2 is 0.814 bits per heavy atom. The predicted octanol–water partition coefficient (Wildman–Crippen LogP) is 18.1. The molecule has 0 heterocycles. The van der Waals surface area contributed by atoms with Gasteiger partial charge in [-0.1, -0.05) is 255 Å². The van der Waals surface area contributed by atoms with E-state index in [9.17, 15) is 19.0 Å². The zero-order chi connectivity index (χ0) is 51.3. The quantitative estimate of drug-likeness (QED) is 0.0211. The minimum Gasteiger partial charge on any atom is -0.462 e. The van der Waals surface area contributed by atoms with Crippen LogP contribution in [0.2, 0.25) is 0 Å². The van der Waals surface area contributed by atoms with Crippen molar-refractivity contribution in [2.24, 2.45) is 0 Å². The van der Waals surface area contributed by atoms with Gasteiger partial charge in [-0.05, 0) is 51.4 Å². The molecule has 0 aliphatic heterocycles. The molecule has 0 saturated heterocycles. The summed E-state index contributed by atoms with van der Waals surface area (Å²) in [6, 6.07) is 0. The van der Waals surface area contributed by atoms with Crippen molar-refractivity contribution in [2.75, 3.05) is 47.5 Å². The van der Waals surface area contributed by atoms with Gasteiger partial charge in [0.2, 0.25) is 0 Å². The number of ether oxygens (including phenoxy) is 2. The number of quaternary nitrogens is 1. The topological polar surface area (TPSA) is 108 Å². The molecule has 0 bridgehead atoms. The van der Waals surface area contributed by atoms with Crippen LogP contribution in [-0.4, -0.2) is 74.9 Å². The second kappa shape index (κ2) is 51.9. The van der Waals surface area contributed by atoms with E-state index in [0.29, 0.717) is 23.9 Å². The number of phosphoric acid groups is 1. The lowest BCUT2D eigenvalue weighted by molar-refractivity contribution is -0.870. The van der Waals surface area contributed by atoms with Crippen LogP contribution in [0.15, 0.2) is 48.6 Å². The van der Waals surface area contributed by atoms with Gasteiger partial charge in [0.25, 0.3) is 0 Å². The number of rotatable bonds is 54. The van der Waals surface area contributed by atoms with Gasteiger partial charge in [0.05, 0.1) is 27.7 Å². The van der Waals surface area contributed by atoms with Crippen LogP contribution in [0.25, 0.3) is 0 Å². The number of hydrogen-bond donors (Lipinski definition) is 1. The van der Waals surface area contributed by atoms with Crippen LogP contribution >= 0.6 is 7.82 Å². The van der Waals surface area contributed by atoms with Crippen molar-refractivity contribution in [1.82, 2.24) is 0 Å². The van der Waals surface area contributed by atoms with Crippen LogP contribution in [-0.2, 0) is 32.7 Å². The summed E-state index contributed by atoms with van der Waals surface area (Å²) in [4.78, 5) is 35.3. The van der Waals surface area contributed by atoms with E-state index in [1.807, 2.05) is 21.1 Å². The monoisotopic (exact) mass is 1010 g/mol. The number of carbonyl (C=O) groups is 2. The third-order valence-corrected chi connectivity index (χ3v) is 13.9. The second-order valence-corrected chi connectivity index (χ2v) is 22.5. The summed E-state index contributed by atoms with van der Waals surface area (Å²) < 4.78 is 34.3. The van der Waals surface area contributed by atoms with Gasteiger partial charge in [-0.3, -0.25) is 18.6 Å². The number of unbranched alkanes of at least 4 members (excludes halogenated alkanes) is 32. The first-order chi connectivity index (χ1) is 34.0. The number of esters is 2. The van der Waals surface area contributed by atoms with Crippen LogP contribution in [0, 0.1) is 0 Å². The van der Waals surface area contributed by atoms with Crippen LogP contribution in [0.1, 0.15) is 271 Å². The van der Waals surface area contributed by atoms with E-state index < -0.39 is 26.5 Å². The van der Waals surface area contributed by atoms with Gasteiger partial charge < -0.3 is 18.9 Å². The van der Waals surface area contributed by atoms with Crippen molar-refractivity contribution in [3.05, 3.63) is 48.6 Å². The largest absolute Gasteiger partial charge is 0.472 e. The fourth-order valence-electron chi connectivity index (χ4n) is 8.36. The molecule has 0 aliphatic rings. The molecular weight excluding hydrogens is 894 g/mol. The molecule has 0 spiro atoms. The second-order valence-electron chi connectivity index (χ2n) is 21.0. The summed E-state index contributed by atoms with van der Waals surface area (Å²) >= 11 is 0. The molecule has 0 radical (unpaired) electrons. The minimum absolute atomic E-state index is 0.0343. The summed E-state index contributed by atoms with van der Waals surface area (Å²) in [6.07, 6.45) is 65.3. The molecule has 410 valence electrons. The summed E-state index contributed by atoms with van der Waals surface area (Å²) in [5.74, 6) is -0.793. The minimum atomic E-state index is -4.37. The third kappa shape index (κ3) is 55.3. The van der Waals surface area contributed by atoms with Crippen LogP contribution in [0.5, 0.6) is 0 Å². The maximum atomic E-state index is 12.7. The van der Waals surface area contributed by atoms with E-state index in [1.54, 1.807) is 0 Å². The van der Waals surface area contributed by atoms with E-state index in [1.165, 1.54) is 180 Å². The molecule has 0 aliphatic carbocycles. The van der Waals surface area contributed by atoms with Crippen molar-refractivity contribution in [3.8, 4) is 0 Å². The molecule has 10 heteroatoms. The highest BCUT2D eigenvalue weighted by atomic mass is 31.2. The van der Waals surface area contributed by atoms with Gasteiger partial charge in [0.15, 0.2) is 6.10 Å². The molecule has 0 aromatic heterocycles. The SMILES string of the molecule is CC/C=C\C/C=C\C/C=C\C/C=C\CCCCCCCCCCCCCCCCCCCCCCCCCCCCC(=O)OC(COC(=O)CCCCCCCCC)COP(=O)(O)OCC[N+](C)(C)C. The standard InChI is InChI=1S/C60H112NO8P/c1-6-8-10-12-14-15-16-17-18-19-20-21-22-23-24-25-26-27-28-29-30-31-32-33-34-35-36-37-38-39-40-41-42-43-44-45-47-49-51-53-60(63)69-58(57-68-70(64,65)67-55-54-61(3,4)5)56-66-59(62)52-50-48-46-13-11-9-7-2/h8,10,14-15,17-18,20-21,58H,6-7,9,11-13,16,19,22-57H2,1-5H3/p+1/b10-8-,15-14-,18-17-,21-20-. The van der Waals surface area contributed by atoms with Crippen LogP contribution < -0.4 is 0 Å². The summed E-state index contributed by atoms with van der Waals surface area (Å²) in [5.41, 5.74) is 0. The Morgan fingerprint density at radius 3 is 1.21 bits per heavy atom. The molecule has 0 aromatic rings. The first kappa shape index (κ1) is 68.0. The van der Waals surface area contributed by atoms with E-state index in [2.05, 4.69) is 62.5 Å². The molecule has 0 saturated carbocycles. The number of phosphoric ester groups is 1. The van der Waals surface area contributed by atoms with Crippen molar-refractivity contribution in [3.63, 3.8) is 0 Å². The zero-order valence-corrected chi connectivity index (χ0v) is 47.4. The lowest BCUT2D eigenvalue weighted by Crippen LogP contribution is -2.37. The molecule has 2 unspecified atom stereocenters. The van der Waals surface area contributed by atoms with Gasteiger partial charge in [0, 0.05) is 12.8 Å². The van der Waals surface area contributed by atoms with Gasteiger partial charge in [-0.15, -0.1) is 0 Å². The van der Waals surface area contributed by atoms with Crippen molar-refractivity contribution in [2.45, 2.75) is 277 Å². The molecule has 0 rings (SSSR count). The molecule has 1 N–H and O–H groups in total. The van der Waals surface area contributed by atoms with E-state index in [0.717, 1.165) is 57.8 Å². The molecule has 9 nitrogen and oxygen atoms in total. The number of allylic oxidation sites excluding steroid dienone is 8. The first-order valence-electron chi connectivity index (χ1n) is 29.4. The maximum absolute atomic E-state index is 12.7. The van der Waals surface area contributed by atoms with Gasteiger partial charge >= 0.3 is 19.8 Å². The predicted molar refractivity (Wildman–Crippen MR) is 298 cm³/mol. The lowest BCUT2D eigenvalue weighted by Gasteiger charge is -2.24. The summed E-state index contributed by atoms with van der Waals surface area (Å²) in [7, 11) is 1.49. The first-order valence-corrected chi connectivity index (χ1v) is 30.9. The fraction of sp³-hybridized carbons (Fsp3) is 0.833. The van der Waals surface area contributed by atoms with Crippen molar-refractivity contribution < 1.29 is 42.1 Å². The highest BCUT2D eigenvalue weighted by molar-refractivity contribution is 7.47. The summed E-state index contributed by atoms with van der Waals surface area (Å²) in [6.45, 7) is 4.29. The highest BCUT2D eigenvalue weighted by Crippen LogP contribution is 2.43. The molecule has 0 aromatic carbocycles. The average molecular weight is 1010 g/mol. The van der Waals surface area contributed by atoms with E-state index in [-0.39, 0.29) is 25.6 Å². The Labute approximate surface area is 433 Å². The number of hydrogen-bond acceptors (Lipinski definition) is 7. The zero-order valence-electron chi connectivity index (χ0n) is 46.5. The molecule has 2 atom stereocenters. The fourth-order valence-corrected chi connectivity index (χ4v) is 9.10. The number of likely N-dealkylation sites (N-methyl/N-ethyl adjacent to an activating group) is 1. The molecule has 0 amide bonds. The molecule has 0 fully saturated rings. The van der Waals surface area contributed by atoms with Crippen molar-refractivity contribution in [1.29, 1.82) is 0 Å². The third-order valence-electron chi connectivity index (χ3n) is 12.9. The summed E-state index contributed by atoms with van der Waals surface area (Å²) in [5, 5.41) is 0. The normalized spacial score (nSPS) is 13.6. The average Bonchev–Trinajstić information content (AvgIpc) is 3.32. The Kier molecular flexibility index (Phi) is 50.4. The van der Waals surface area contributed by atoms with Gasteiger partial charge in [-0.2, -0.15) is 0 Å². The lowest BCUT2D eigenvalue weighted by atomic mass is 10.0. The van der Waals surface area contributed by atoms with Crippen molar-refractivity contribution >= 4 is 19.8 Å². The maximum Gasteiger partial charge on any atom is 0.472 e. The van der Waals surface area contributed by atoms with Gasteiger partial charge in [0.1, 0.15) is 19.8 Å². The van der Waals surface area contributed by atoms with E-state index in [4.69, 9.17) is 18.5 Å². The Morgan fingerprint density at radius 1 is 0.457 bits per heavy atom.